The molecule has 0 N–H and O–H groups in total. The molecule has 1 saturated heterocycles. The van der Waals surface area contributed by atoms with Crippen molar-refractivity contribution in [3.05, 3.63) is 82.9 Å². The molecule has 0 spiro atoms. The molecule has 4 heterocycles. The maximum atomic E-state index is 6.25. The van der Waals surface area contributed by atoms with Crippen LogP contribution in [-0.2, 0) is 0 Å². The summed E-state index contributed by atoms with van der Waals surface area (Å²) in [6.07, 6.45) is 3.98. The van der Waals surface area contributed by atoms with Gasteiger partial charge in [0.05, 0.1) is 11.7 Å². The van der Waals surface area contributed by atoms with E-state index in [2.05, 4.69) is 57.9 Å². The lowest BCUT2D eigenvalue weighted by atomic mass is 10.0. The van der Waals surface area contributed by atoms with Gasteiger partial charge in [0.1, 0.15) is 6.04 Å². The van der Waals surface area contributed by atoms with Crippen molar-refractivity contribution in [1.29, 1.82) is 0 Å². The smallest absolute Gasteiger partial charge is 0.160 e. The van der Waals surface area contributed by atoms with Crippen LogP contribution in [0.15, 0.2) is 65.9 Å². The Balaban J connectivity index is 1.61. The van der Waals surface area contributed by atoms with E-state index in [1.165, 1.54) is 5.69 Å². The molecule has 2 aromatic heterocycles. The van der Waals surface area contributed by atoms with Crippen molar-refractivity contribution < 1.29 is 0 Å². The summed E-state index contributed by atoms with van der Waals surface area (Å²) in [6.45, 7) is 5.31. The van der Waals surface area contributed by atoms with E-state index in [1.807, 2.05) is 43.1 Å². The van der Waals surface area contributed by atoms with Gasteiger partial charge in [0.25, 0.3) is 0 Å². The molecule has 0 unspecified atom stereocenters. The summed E-state index contributed by atoms with van der Waals surface area (Å²) >= 11 is 8.12. The largest absolute Gasteiger partial charge is 0.339 e. The molecule has 4 nitrogen and oxygen atoms in total. The molecule has 1 aromatic carbocycles. The highest BCUT2D eigenvalue weighted by molar-refractivity contribution is 8.14. The second kappa shape index (κ2) is 6.98. The van der Waals surface area contributed by atoms with Gasteiger partial charge in [-0.05, 0) is 55.0 Å². The molecule has 142 valence electrons. The van der Waals surface area contributed by atoms with Gasteiger partial charge in [-0.3, -0.25) is 9.98 Å². The fourth-order valence-electron chi connectivity index (χ4n) is 4.09. The van der Waals surface area contributed by atoms with Gasteiger partial charge in [-0.15, -0.1) is 0 Å². The van der Waals surface area contributed by atoms with E-state index >= 15 is 0 Å². The summed E-state index contributed by atoms with van der Waals surface area (Å²) in [6, 6.07) is 16.7. The van der Waals surface area contributed by atoms with E-state index in [0.717, 1.165) is 33.7 Å². The van der Waals surface area contributed by atoms with Gasteiger partial charge in [-0.25, -0.2) is 0 Å². The first-order valence-corrected chi connectivity index (χ1v) is 10.7. The number of nitrogens with zero attached hydrogens (tertiary/aromatic N) is 4. The highest BCUT2D eigenvalue weighted by atomic mass is 35.5. The molecule has 3 aromatic rings. The first-order chi connectivity index (χ1) is 13.6. The molecule has 3 atom stereocenters. The molecule has 5 rings (SSSR count). The van der Waals surface area contributed by atoms with Crippen LogP contribution in [0.4, 0.5) is 0 Å². The van der Waals surface area contributed by atoms with Gasteiger partial charge in [0.15, 0.2) is 5.17 Å². The van der Waals surface area contributed by atoms with E-state index < -0.39 is 0 Å². The Bertz CT molecular complexity index is 1050. The summed E-state index contributed by atoms with van der Waals surface area (Å²) < 4.78 is 2.26. The Kier molecular flexibility index (Phi) is 4.44. The predicted molar refractivity (Wildman–Crippen MR) is 116 cm³/mol. The summed E-state index contributed by atoms with van der Waals surface area (Å²) in [4.78, 5) is 12.2. The average Bonchev–Trinajstić information content (AvgIpc) is 3.38. The molecule has 0 aliphatic carbocycles. The number of rotatable bonds is 3. The second-order valence-electron chi connectivity index (χ2n) is 7.37. The Morgan fingerprint density at radius 2 is 2.04 bits per heavy atom. The maximum Gasteiger partial charge on any atom is 0.160 e. The lowest BCUT2D eigenvalue weighted by Gasteiger charge is -2.28. The van der Waals surface area contributed by atoms with Gasteiger partial charge < -0.3 is 9.47 Å². The number of pyridine rings is 1. The Morgan fingerprint density at radius 1 is 1.14 bits per heavy atom. The van der Waals surface area contributed by atoms with Crippen molar-refractivity contribution >= 4 is 28.5 Å². The molecule has 0 radical (unpaired) electrons. The monoisotopic (exact) mass is 408 g/mol. The van der Waals surface area contributed by atoms with Crippen LogP contribution in [0.2, 0.25) is 5.02 Å². The number of aromatic nitrogens is 2. The first kappa shape index (κ1) is 17.8. The van der Waals surface area contributed by atoms with Crippen molar-refractivity contribution in [2.45, 2.75) is 31.2 Å². The average molecular weight is 409 g/mol. The number of fused-ring (bicyclic) bond motifs is 1. The third kappa shape index (κ3) is 2.93. The number of aryl methyl sites for hydroxylation is 1. The van der Waals surface area contributed by atoms with Crippen molar-refractivity contribution in [2.75, 3.05) is 6.54 Å². The van der Waals surface area contributed by atoms with Gasteiger partial charge >= 0.3 is 0 Å². The molecular weight excluding hydrogens is 388 g/mol. The summed E-state index contributed by atoms with van der Waals surface area (Å²) in [5.74, 6) is 0. The molecule has 1 fully saturated rings. The zero-order chi connectivity index (χ0) is 19.3. The molecular formula is C22H21ClN4S. The standard InChI is InChI=1S/C22H21ClN4S/c1-14-12-16(8-9-17(14)23)26-11-5-7-19(26)21-20(18-6-3-4-10-24-18)25-22-27(21)13-15(2)28-22/h3-12,15,20-21H,13H2,1-2H3/t15-,20+,21-/m1/s1. The Morgan fingerprint density at radius 3 is 2.82 bits per heavy atom. The SMILES string of the molecule is Cc1cc(-n2cccc2[C@@H]2[C@H](c3ccccn3)N=C3S[C@H](C)CN32)ccc1Cl. The minimum absolute atomic E-state index is 0.00162. The van der Waals surface area contributed by atoms with Crippen molar-refractivity contribution in [3.63, 3.8) is 0 Å². The summed E-state index contributed by atoms with van der Waals surface area (Å²) in [5.41, 5.74) is 4.44. The summed E-state index contributed by atoms with van der Waals surface area (Å²) in [5, 5.41) is 2.47. The first-order valence-electron chi connectivity index (χ1n) is 9.47. The van der Waals surface area contributed by atoms with Crippen LogP contribution in [-0.4, -0.2) is 31.4 Å². The third-order valence-corrected chi connectivity index (χ3v) is 6.91. The lowest BCUT2D eigenvalue weighted by molar-refractivity contribution is 0.312. The van der Waals surface area contributed by atoms with E-state index in [1.54, 1.807) is 0 Å². The second-order valence-corrected chi connectivity index (χ2v) is 9.19. The fourth-order valence-corrected chi connectivity index (χ4v) is 5.30. The maximum absolute atomic E-state index is 6.25. The summed E-state index contributed by atoms with van der Waals surface area (Å²) in [7, 11) is 0. The molecule has 2 aliphatic heterocycles. The van der Waals surface area contributed by atoms with Crippen molar-refractivity contribution in [1.82, 2.24) is 14.5 Å². The number of hydrogen-bond donors (Lipinski definition) is 0. The topological polar surface area (TPSA) is 33.4 Å². The van der Waals surface area contributed by atoms with E-state index in [4.69, 9.17) is 16.6 Å². The third-order valence-electron chi connectivity index (χ3n) is 5.38. The number of amidine groups is 1. The van der Waals surface area contributed by atoms with Crippen LogP contribution in [0.25, 0.3) is 5.69 Å². The normalized spacial score (nSPS) is 23.8. The van der Waals surface area contributed by atoms with Gasteiger partial charge in [0, 0.05) is 40.6 Å². The van der Waals surface area contributed by atoms with Crippen LogP contribution in [0.3, 0.4) is 0 Å². The molecule has 0 bridgehead atoms. The van der Waals surface area contributed by atoms with Gasteiger partial charge in [-0.2, -0.15) is 0 Å². The molecule has 6 heteroatoms. The minimum atomic E-state index is -0.00162. The number of aliphatic imine (C=N–C) groups is 1. The number of hydrogen-bond acceptors (Lipinski definition) is 4. The van der Waals surface area contributed by atoms with E-state index in [9.17, 15) is 0 Å². The Labute approximate surface area is 174 Å². The van der Waals surface area contributed by atoms with Crippen LogP contribution < -0.4 is 0 Å². The van der Waals surface area contributed by atoms with E-state index in [-0.39, 0.29) is 12.1 Å². The highest BCUT2D eigenvalue weighted by Gasteiger charge is 2.44. The molecule has 0 amide bonds. The van der Waals surface area contributed by atoms with Gasteiger partial charge in [0.2, 0.25) is 0 Å². The lowest BCUT2D eigenvalue weighted by Crippen LogP contribution is -2.30. The molecule has 0 saturated carbocycles. The van der Waals surface area contributed by atoms with Crippen molar-refractivity contribution in [2.24, 2.45) is 4.99 Å². The predicted octanol–water partition coefficient (Wildman–Crippen LogP) is 5.42. The minimum Gasteiger partial charge on any atom is -0.339 e. The van der Waals surface area contributed by atoms with Crippen LogP contribution in [0.1, 0.15) is 36.0 Å². The van der Waals surface area contributed by atoms with Gasteiger partial charge in [-0.1, -0.05) is 36.4 Å². The molecule has 28 heavy (non-hydrogen) atoms. The van der Waals surface area contributed by atoms with Crippen LogP contribution in [0.5, 0.6) is 0 Å². The molecule has 2 aliphatic rings. The van der Waals surface area contributed by atoms with Crippen LogP contribution in [0, 0.1) is 6.92 Å². The highest BCUT2D eigenvalue weighted by Crippen LogP contribution is 2.47. The quantitative estimate of drug-likeness (QED) is 0.579. The number of thioether (sulfide) groups is 1. The number of benzene rings is 1. The van der Waals surface area contributed by atoms with Crippen LogP contribution >= 0.6 is 23.4 Å². The number of halogens is 1. The zero-order valence-corrected chi connectivity index (χ0v) is 17.4. The van der Waals surface area contributed by atoms with E-state index in [0.29, 0.717) is 5.25 Å². The zero-order valence-electron chi connectivity index (χ0n) is 15.8. The Hall–Kier alpha value is -2.24. The van der Waals surface area contributed by atoms with Crippen molar-refractivity contribution in [3.8, 4) is 5.69 Å². The fraction of sp³-hybridized carbons (Fsp3) is 0.273.